The number of para-hydroxylation sites is 1. The van der Waals surface area contributed by atoms with E-state index in [2.05, 4.69) is 16.0 Å². The van der Waals surface area contributed by atoms with E-state index in [1.807, 2.05) is 56.3 Å². The molecular weight excluding hydrogens is 466 g/mol. The van der Waals surface area contributed by atoms with Crippen LogP contribution in [0.3, 0.4) is 0 Å². The summed E-state index contributed by atoms with van der Waals surface area (Å²) in [4.78, 5) is 39.3. The summed E-state index contributed by atoms with van der Waals surface area (Å²) in [7, 11) is 1.55. The van der Waals surface area contributed by atoms with Crippen molar-refractivity contribution in [3.05, 3.63) is 102 Å². The smallest absolute Gasteiger partial charge is 0.255 e. The molecule has 37 heavy (non-hydrogen) atoms. The van der Waals surface area contributed by atoms with Crippen LogP contribution in [0.4, 0.5) is 11.4 Å². The number of benzene rings is 4. The number of carbonyl (C=O) groups excluding carboxylic acids is 3. The van der Waals surface area contributed by atoms with Gasteiger partial charge in [-0.2, -0.15) is 0 Å². The second kappa shape index (κ2) is 11.4. The zero-order chi connectivity index (χ0) is 26.4. The number of carbonyl (C=O) groups is 3. The van der Waals surface area contributed by atoms with E-state index < -0.39 is 11.9 Å². The molecule has 0 fully saturated rings. The molecule has 188 valence electrons. The molecule has 0 spiro atoms. The molecule has 0 radical (unpaired) electrons. The predicted molar refractivity (Wildman–Crippen MR) is 146 cm³/mol. The van der Waals surface area contributed by atoms with Gasteiger partial charge in [0.15, 0.2) is 0 Å². The summed E-state index contributed by atoms with van der Waals surface area (Å²) < 4.78 is 5.13. The Morgan fingerprint density at radius 1 is 0.703 bits per heavy atom. The maximum absolute atomic E-state index is 13.3. The first-order chi connectivity index (χ1) is 17.9. The summed E-state index contributed by atoms with van der Waals surface area (Å²) in [6.45, 7) is 3.73. The molecule has 7 nitrogen and oxygen atoms in total. The van der Waals surface area contributed by atoms with Crippen LogP contribution in [0, 0.1) is 5.92 Å². The van der Waals surface area contributed by atoms with Crippen molar-refractivity contribution in [1.82, 2.24) is 5.32 Å². The standard InChI is InChI=1S/C30H29N3O4/c1-19(2)27(30(36)32-25-14-8-10-20-9-4-5-11-23(20)25)33-29(35)24-12-6-7-13-26(24)31-28(34)21-15-17-22(37-3)18-16-21/h4-19,27H,1-3H3,(H,31,34)(H,32,36)(H,33,35)/t27-/m1/s1. The molecule has 0 saturated heterocycles. The lowest BCUT2D eigenvalue weighted by Crippen LogP contribution is -2.47. The number of fused-ring (bicyclic) bond motifs is 1. The summed E-state index contributed by atoms with van der Waals surface area (Å²) in [6.07, 6.45) is 0. The largest absolute Gasteiger partial charge is 0.497 e. The Labute approximate surface area is 215 Å². The normalized spacial score (nSPS) is 11.6. The van der Waals surface area contributed by atoms with Gasteiger partial charge in [-0.25, -0.2) is 0 Å². The highest BCUT2D eigenvalue weighted by Crippen LogP contribution is 2.24. The summed E-state index contributed by atoms with van der Waals surface area (Å²) >= 11 is 0. The van der Waals surface area contributed by atoms with Gasteiger partial charge in [0.05, 0.1) is 18.4 Å². The molecule has 3 amide bonds. The first-order valence-electron chi connectivity index (χ1n) is 12.0. The minimum absolute atomic E-state index is 0.181. The van der Waals surface area contributed by atoms with Crippen LogP contribution >= 0.6 is 0 Å². The minimum atomic E-state index is -0.795. The van der Waals surface area contributed by atoms with Crippen molar-refractivity contribution in [1.29, 1.82) is 0 Å². The highest BCUT2D eigenvalue weighted by atomic mass is 16.5. The fourth-order valence-electron chi connectivity index (χ4n) is 4.03. The van der Waals surface area contributed by atoms with Crippen molar-refractivity contribution >= 4 is 39.9 Å². The Hall–Kier alpha value is -4.65. The van der Waals surface area contributed by atoms with E-state index in [0.717, 1.165) is 10.8 Å². The van der Waals surface area contributed by atoms with Crippen molar-refractivity contribution < 1.29 is 19.1 Å². The average molecular weight is 496 g/mol. The Morgan fingerprint density at radius 3 is 2.08 bits per heavy atom. The fourth-order valence-corrected chi connectivity index (χ4v) is 4.03. The molecule has 0 aromatic heterocycles. The Bertz CT molecular complexity index is 1430. The number of hydrogen-bond acceptors (Lipinski definition) is 4. The van der Waals surface area contributed by atoms with Crippen LogP contribution in [0.5, 0.6) is 5.75 Å². The number of rotatable bonds is 8. The van der Waals surface area contributed by atoms with Crippen LogP contribution in [0.1, 0.15) is 34.6 Å². The van der Waals surface area contributed by atoms with Gasteiger partial charge in [0, 0.05) is 16.6 Å². The lowest BCUT2D eigenvalue weighted by atomic mass is 10.0. The molecule has 0 aliphatic rings. The van der Waals surface area contributed by atoms with Gasteiger partial charge in [0.2, 0.25) is 5.91 Å². The Kier molecular flexibility index (Phi) is 7.83. The molecule has 0 aliphatic heterocycles. The van der Waals surface area contributed by atoms with Crippen molar-refractivity contribution in [2.75, 3.05) is 17.7 Å². The molecule has 3 N–H and O–H groups in total. The second-order valence-corrected chi connectivity index (χ2v) is 8.94. The van der Waals surface area contributed by atoms with Crippen molar-refractivity contribution in [2.24, 2.45) is 5.92 Å². The quantitative estimate of drug-likeness (QED) is 0.301. The topological polar surface area (TPSA) is 96.5 Å². The van der Waals surface area contributed by atoms with Gasteiger partial charge in [-0.05, 0) is 53.8 Å². The first kappa shape index (κ1) is 25.4. The number of nitrogens with one attached hydrogen (secondary N) is 3. The van der Waals surface area contributed by atoms with Gasteiger partial charge in [-0.1, -0.05) is 62.4 Å². The molecule has 0 saturated carbocycles. The fraction of sp³-hybridized carbons (Fsp3) is 0.167. The third-order valence-electron chi connectivity index (χ3n) is 6.06. The molecule has 4 aromatic rings. The number of methoxy groups -OCH3 is 1. The Balaban J connectivity index is 1.51. The van der Waals surface area contributed by atoms with E-state index in [1.54, 1.807) is 55.6 Å². The molecular formula is C30H29N3O4. The van der Waals surface area contributed by atoms with Crippen LogP contribution in [0.15, 0.2) is 91.0 Å². The highest BCUT2D eigenvalue weighted by molar-refractivity contribution is 6.10. The van der Waals surface area contributed by atoms with Crippen LogP contribution < -0.4 is 20.7 Å². The minimum Gasteiger partial charge on any atom is -0.497 e. The van der Waals surface area contributed by atoms with Gasteiger partial charge in [0.1, 0.15) is 11.8 Å². The third kappa shape index (κ3) is 5.95. The maximum Gasteiger partial charge on any atom is 0.255 e. The van der Waals surface area contributed by atoms with Crippen molar-refractivity contribution in [3.63, 3.8) is 0 Å². The summed E-state index contributed by atoms with van der Waals surface area (Å²) in [6, 6.07) is 26.0. The molecule has 0 aliphatic carbocycles. The second-order valence-electron chi connectivity index (χ2n) is 8.94. The predicted octanol–water partition coefficient (Wildman–Crippen LogP) is 5.49. The molecule has 4 aromatic carbocycles. The number of hydrogen-bond donors (Lipinski definition) is 3. The molecule has 0 heterocycles. The van der Waals surface area contributed by atoms with Crippen molar-refractivity contribution in [3.8, 4) is 5.75 Å². The average Bonchev–Trinajstić information content (AvgIpc) is 2.92. The monoisotopic (exact) mass is 495 g/mol. The van der Waals surface area contributed by atoms with E-state index in [-0.39, 0.29) is 23.3 Å². The first-order valence-corrected chi connectivity index (χ1v) is 12.0. The zero-order valence-electron chi connectivity index (χ0n) is 20.9. The van der Waals surface area contributed by atoms with E-state index in [9.17, 15) is 14.4 Å². The van der Waals surface area contributed by atoms with Gasteiger partial charge in [0.25, 0.3) is 11.8 Å². The van der Waals surface area contributed by atoms with Gasteiger partial charge < -0.3 is 20.7 Å². The van der Waals surface area contributed by atoms with E-state index in [1.165, 1.54) is 0 Å². The van der Waals surface area contributed by atoms with Crippen LogP contribution in [0.2, 0.25) is 0 Å². The number of ether oxygens (including phenoxy) is 1. The van der Waals surface area contributed by atoms with E-state index >= 15 is 0 Å². The van der Waals surface area contributed by atoms with Gasteiger partial charge in [-0.15, -0.1) is 0 Å². The number of anilines is 2. The lowest BCUT2D eigenvalue weighted by molar-refractivity contribution is -0.118. The maximum atomic E-state index is 13.3. The number of amides is 3. The van der Waals surface area contributed by atoms with Gasteiger partial charge >= 0.3 is 0 Å². The van der Waals surface area contributed by atoms with E-state index in [4.69, 9.17) is 4.74 Å². The van der Waals surface area contributed by atoms with Crippen LogP contribution in [-0.4, -0.2) is 30.9 Å². The molecule has 4 rings (SSSR count). The highest BCUT2D eigenvalue weighted by Gasteiger charge is 2.26. The molecule has 0 unspecified atom stereocenters. The van der Waals surface area contributed by atoms with Crippen LogP contribution in [0.25, 0.3) is 10.8 Å². The molecule has 7 heteroatoms. The molecule has 1 atom stereocenters. The zero-order valence-corrected chi connectivity index (χ0v) is 20.9. The van der Waals surface area contributed by atoms with Crippen molar-refractivity contribution in [2.45, 2.75) is 19.9 Å². The molecule has 0 bridgehead atoms. The summed E-state index contributed by atoms with van der Waals surface area (Å²) in [5.74, 6) is -0.688. The summed E-state index contributed by atoms with van der Waals surface area (Å²) in [5.41, 5.74) is 1.70. The van der Waals surface area contributed by atoms with Gasteiger partial charge in [-0.3, -0.25) is 14.4 Å². The third-order valence-corrected chi connectivity index (χ3v) is 6.06. The SMILES string of the molecule is COc1ccc(C(=O)Nc2ccccc2C(=O)N[C@@H](C(=O)Nc2cccc3ccccc23)C(C)C)cc1. The Morgan fingerprint density at radius 2 is 1.35 bits per heavy atom. The van der Waals surface area contributed by atoms with Crippen LogP contribution in [-0.2, 0) is 4.79 Å². The lowest BCUT2D eigenvalue weighted by Gasteiger charge is -2.23. The van der Waals surface area contributed by atoms with E-state index in [0.29, 0.717) is 22.7 Å². The summed E-state index contributed by atoms with van der Waals surface area (Å²) in [5, 5.41) is 10.5.